The van der Waals surface area contributed by atoms with Crippen molar-refractivity contribution in [3.05, 3.63) is 46.0 Å². The Morgan fingerprint density at radius 2 is 2.16 bits per heavy atom. The van der Waals surface area contributed by atoms with Crippen LogP contribution < -0.4 is 0 Å². The zero-order valence-electron chi connectivity index (χ0n) is 10.2. The molecule has 0 saturated heterocycles. The molecule has 1 N–H and O–H groups in total. The lowest BCUT2D eigenvalue weighted by atomic mass is 10.1. The normalized spacial score (nSPS) is 11.6. The summed E-state index contributed by atoms with van der Waals surface area (Å²) in [5, 5.41) is 28.0. The number of nitrogens with zero attached hydrogens (tertiary/aromatic N) is 4. The van der Waals surface area contributed by atoms with E-state index in [2.05, 4.69) is 10.3 Å². The summed E-state index contributed by atoms with van der Waals surface area (Å²) >= 11 is 0. The summed E-state index contributed by atoms with van der Waals surface area (Å²) in [7, 11) is 0. The fraction of sp³-hybridized carbons (Fsp3) is 0.273. The van der Waals surface area contributed by atoms with Gasteiger partial charge in [0.25, 0.3) is 5.69 Å². The second-order valence-corrected chi connectivity index (χ2v) is 4.50. The summed E-state index contributed by atoms with van der Waals surface area (Å²) in [6.07, 6.45) is 1.32. The predicted octanol–water partition coefficient (Wildman–Crippen LogP) is 1.54. The first-order valence-electron chi connectivity index (χ1n) is 5.38. The van der Waals surface area contributed by atoms with Crippen LogP contribution in [0.15, 0.2) is 24.4 Å². The summed E-state index contributed by atoms with van der Waals surface area (Å²) in [4.78, 5) is 10.2. The number of aromatic nitrogens is 3. The van der Waals surface area contributed by atoms with Gasteiger partial charge in [0.05, 0.1) is 11.1 Å². The molecule has 1 heterocycles. The number of hydrogen-bond acceptors (Lipinski definition) is 5. The molecule has 0 unspecified atom stereocenters. The Bertz CT molecular complexity index is 633. The average Bonchev–Trinajstić information content (AvgIpc) is 2.77. The van der Waals surface area contributed by atoms with E-state index in [4.69, 9.17) is 0 Å². The highest BCUT2D eigenvalue weighted by Gasteiger charge is 2.23. The molecule has 0 aliphatic carbocycles. The summed E-state index contributed by atoms with van der Waals surface area (Å²) in [6, 6.07) is 3.03. The van der Waals surface area contributed by atoms with Crippen LogP contribution in [0.1, 0.15) is 19.5 Å². The summed E-state index contributed by atoms with van der Waals surface area (Å²) < 4.78 is 14.3. The molecule has 0 bridgehead atoms. The van der Waals surface area contributed by atoms with Crippen molar-refractivity contribution in [2.24, 2.45) is 0 Å². The molecule has 1 aromatic carbocycles. The average molecular weight is 266 g/mol. The van der Waals surface area contributed by atoms with E-state index in [1.807, 2.05) is 0 Å². The Balaban J connectivity index is 2.55. The molecular formula is C11H11FN4O3. The van der Waals surface area contributed by atoms with Crippen LogP contribution in [-0.2, 0) is 5.60 Å². The van der Waals surface area contributed by atoms with E-state index >= 15 is 0 Å². The van der Waals surface area contributed by atoms with Crippen molar-refractivity contribution in [3.63, 3.8) is 0 Å². The summed E-state index contributed by atoms with van der Waals surface area (Å²) in [5.74, 6) is -0.624. The largest absolute Gasteiger partial charge is 0.384 e. The number of nitro benzene ring substituents is 1. The van der Waals surface area contributed by atoms with Crippen LogP contribution in [0, 0.1) is 15.9 Å². The van der Waals surface area contributed by atoms with Gasteiger partial charge in [-0.2, -0.15) is 0 Å². The lowest BCUT2D eigenvalue weighted by Crippen LogP contribution is -2.15. The van der Waals surface area contributed by atoms with Crippen molar-refractivity contribution < 1.29 is 14.4 Å². The Kier molecular flexibility index (Phi) is 3.03. The molecule has 0 amide bonds. The van der Waals surface area contributed by atoms with Gasteiger partial charge in [0, 0.05) is 12.1 Å². The molecule has 0 atom stereocenters. The third-order valence-electron chi connectivity index (χ3n) is 2.50. The zero-order valence-corrected chi connectivity index (χ0v) is 10.2. The van der Waals surface area contributed by atoms with Gasteiger partial charge in [-0.05, 0) is 19.9 Å². The van der Waals surface area contributed by atoms with Gasteiger partial charge in [-0.1, -0.05) is 5.21 Å². The van der Waals surface area contributed by atoms with Gasteiger partial charge in [-0.3, -0.25) is 10.1 Å². The van der Waals surface area contributed by atoms with Crippen molar-refractivity contribution in [1.29, 1.82) is 0 Å². The first-order chi connectivity index (χ1) is 8.79. The number of hydrogen-bond donors (Lipinski definition) is 1. The second-order valence-electron chi connectivity index (χ2n) is 4.50. The minimum absolute atomic E-state index is 0.0481. The molecule has 0 spiro atoms. The second kappa shape index (κ2) is 4.39. The Hall–Kier alpha value is -2.35. The van der Waals surface area contributed by atoms with Crippen LogP contribution in [0.25, 0.3) is 5.69 Å². The van der Waals surface area contributed by atoms with Crippen molar-refractivity contribution in [3.8, 4) is 5.69 Å². The van der Waals surface area contributed by atoms with Crippen molar-refractivity contribution in [2.75, 3.05) is 0 Å². The van der Waals surface area contributed by atoms with Gasteiger partial charge in [0.2, 0.25) is 0 Å². The predicted molar refractivity (Wildman–Crippen MR) is 63.2 cm³/mol. The molecule has 8 heteroatoms. The Morgan fingerprint density at radius 1 is 1.47 bits per heavy atom. The van der Waals surface area contributed by atoms with Gasteiger partial charge in [0.1, 0.15) is 22.8 Å². The van der Waals surface area contributed by atoms with Crippen LogP contribution in [0.3, 0.4) is 0 Å². The molecule has 0 aliphatic rings. The van der Waals surface area contributed by atoms with Crippen LogP contribution in [-0.4, -0.2) is 25.0 Å². The lowest BCUT2D eigenvalue weighted by Gasteiger charge is -2.11. The fourth-order valence-electron chi connectivity index (χ4n) is 1.50. The monoisotopic (exact) mass is 266 g/mol. The van der Waals surface area contributed by atoms with E-state index in [0.29, 0.717) is 0 Å². The quantitative estimate of drug-likeness (QED) is 0.671. The number of halogens is 1. The Labute approximate surface area is 107 Å². The van der Waals surface area contributed by atoms with E-state index in [-0.39, 0.29) is 17.1 Å². The van der Waals surface area contributed by atoms with Crippen LogP contribution >= 0.6 is 0 Å². The highest BCUT2D eigenvalue weighted by molar-refractivity contribution is 5.51. The molecular weight excluding hydrogens is 255 g/mol. The van der Waals surface area contributed by atoms with E-state index in [1.54, 1.807) is 0 Å². The lowest BCUT2D eigenvalue weighted by molar-refractivity contribution is -0.384. The molecule has 19 heavy (non-hydrogen) atoms. The molecule has 2 rings (SSSR count). The maximum absolute atomic E-state index is 13.2. The van der Waals surface area contributed by atoms with E-state index in [9.17, 15) is 19.6 Å². The number of aliphatic hydroxyl groups is 1. The van der Waals surface area contributed by atoms with Gasteiger partial charge >= 0.3 is 0 Å². The smallest absolute Gasteiger partial charge is 0.295 e. The van der Waals surface area contributed by atoms with Crippen LogP contribution in [0.4, 0.5) is 10.1 Å². The number of nitro groups is 1. The maximum atomic E-state index is 13.2. The third kappa shape index (κ3) is 2.58. The van der Waals surface area contributed by atoms with Gasteiger partial charge in [-0.15, -0.1) is 5.10 Å². The van der Waals surface area contributed by atoms with E-state index < -0.39 is 16.3 Å². The molecule has 0 aliphatic heterocycles. The van der Waals surface area contributed by atoms with Crippen LogP contribution in [0.2, 0.25) is 0 Å². The third-order valence-corrected chi connectivity index (χ3v) is 2.50. The maximum Gasteiger partial charge on any atom is 0.295 e. The highest BCUT2D eigenvalue weighted by Crippen LogP contribution is 2.24. The summed E-state index contributed by atoms with van der Waals surface area (Å²) in [6.45, 7) is 3.00. The SMILES string of the molecule is CC(C)(O)c1cn(-c2cc(F)ccc2[N+](=O)[O-])nn1. The van der Waals surface area contributed by atoms with Gasteiger partial charge in [-0.25, -0.2) is 9.07 Å². The molecule has 0 saturated carbocycles. The number of rotatable bonds is 3. The minimum Gasteiger partial charge on any atom is -0.384 e. The van der Waals surface area contributed by atoms with Gasteiger partial charge < -0.3 is 5.11 Å². The van der Waals surface area contributed by atoms with E-state index in [0.717, 1.165) is 22.9 Å². The minimum atomic E-state index is -1.24. The molecule has 7 nitrogen and oxygen atoms in total. The highest BCUT2D eigenvalue weighted by atomic mass is 19.1. The van der Waals surface area contributed by atoms with Gasteiger partial charge in [0.15, 0.2) is 0 Å². The Morgan fingerprint density at radius 3 is 2.68 bits per heavy atom. The van der Waals surface area contributed by atoms with Crippen molar-refractivity contribution in [1.82, 2.24) is 15.0 Å². The van der Waals surface area contributed by atoms with Crippen LogP contribution in [0.5, 0.6) is 0 Å². The fourth-order valence-corrected chi connectivity index (χ4v) is 1.50. The standard InChI is InChI=1S/C11H11FN4O3/c1-11(2,17)10-6-15(14-13-10)9-5-7(12)3-4-8(9)16(18)19/h3-6,17H,1-2H3. The molecule has 0 fully saturated rings. The topological polar surface area (TPSA) is 94.1 Å². The first-order valence-corrected chi connectivity index (χ1v) is 5.38. The van der Waals surface area contributed by atoms with Crippen molar-refractivity contribution in [2.45, 2.75) is 19.4 Å². The zero-order chi connectivity index (χ0) is 14.2. The molecule has 0 radical (unpaired) electrons. The molecule has 1 aromatic heterocycles. The number of benzene rings is 1. The van der Waals surface area contributed by atoms with Crippen molar-refractivity contribution >= 4 is 5.69 Å². The first kappa shape index (κ1) is 13.1. The van der Waals surface area contributed by atoms with E-state index in [1.165, 1.54) is 20.0 Å². The molecule has 100 valence electrons. The summed E-state index contributed by atoms with van der Waals surface area (Å²) in [5.41, 5.74) is -1.35. The molecule has 2 aromatic rings.